The van der Waals surface area contributed by atoms with Crippen molar-refractivity contribution in [1.82, 2.24) is 15.3 Å². The molecule has 4 heteroatoms. The topological polar surface area (TPSA) is 41.1 Å². The number of nitrogens with one attached hydrogen (secondary N) is 1. The lowest BCUT2D eigenvalue weighted by molar-refractivity contribution is 0.705. The first kappa shape index (κ1) is 12.0. The van der Waals surface area contributed by atoms with E-state index in [0.717, 1.165) is 38.4 Å². The van der Waals surface area contributed by atoms with Crippen LogP contribution < -0.4 is 10.2 Å². The normalized spacial score (nSPS) is 15.9. The summed E-state index contributed by atoms with van der Waals surface area (Å²) in [5, 5.41) is 3.33. The van der Waals surface area contributed by atoms with Gasteiger partial charge in [0.1, 0.15) is 12.1 Å². The highest BCUT2D eigenvalue weighted by Gasteiger charge is 2.15. The molecule has 1 aliphatic heterocycles. The van der Waals surface area contributed by atoms with Crippen LogP contribution in [0.3, 0.4) is 0 Å². The Labute approximate surface area is 103 Å². The molecule has 4 nitrogen and oxygen atoms in total. The molecule has 0 spiro atoms. The van der Waals surface area contributed by atoms with Crippen molar-refractivity contribution in [3.63, 3.8) is 0 Å². The van der Waals surface area contributed by atoms with E-state index in [1.807, 2.05) is 6.20 Å². The molecule has 0 saturated heterocycles. The first-order chi connectivity index (χ1) is 8.31. The van der Waals surface area contributed by atoms with Crippen LogP contribution in [-0.2, 0) is 6.54 Å². The van der Waals surface area contributed by atoms with E-state index in [1.54, 1.807) is 6.33 Å². The van der Waals surface area contributed by atoms with Crippen molar-refractivity contribution < 1.29 is 0 Å². The van der Waals surface area contributed by atoms with Gasteiger partial charge in [-0.1, -0.05) is 18.6 Å². The Bertz CT molecular complexity index is 400. The number of nitrogens with zero attached hydrogens (tertiary/aromatic N) is 3. The number of rotatable bonds is 4. The Morgan fingerprint density at radius 3 is 3.12 bits per heavy atom. The highest BCUT2D eigenvalue weighted by molar-refractivity contribution is 5.47. The van der Waals surface area contributed by atoms with Crippen LogP contribution >= 0.6 is 0 Å². The number of aromatic nitrogens is 2. The van der Waals surface area contributed by atoms with E-state index in [-0.39, 0.29) is 0 Å². The second-order valence-corrected chi connectivity index (χ2v) is 4.41. The quantitative estimate of drug-likeness (QED) is 0.803. The zero-order chi connectivity index (χ0) is 12.1. The van der Waals surface area contributed by atoms with Gasteiger partial charge < -0.3 is 10.2 Å². The smallest absolute Gasteiger partial charge is 0.136 e. The van der Waals surface area contributed by atoms with Gasteiger partial charge in [0.05, 0.1) is 0 Å². The molecule has 0 amide bonds. The van der Waals surface area contributed by atoms with E-state index < -0.39 is 0 Å². The molecule has 2 rings (SSSR count). The second kappa shape index (κ2) is 5.77. The lowest BCUT2D eigenvalue weighted by Gasteiger charge is -2.28. The Morgan fingerprint density at radius 1 is 1.47 bits per heavy atom. The van der Waals surface area contributed by atoms with Crippen LogP contribution in [0.5, 0.6) is 0 Å². The van der Waals surface area contributed by atoms with E-state index >= 15 is 0 Å². The molecule has 0 aromatic carbocycles. The minimum Gasteiger partial charge on any atom is -0.352 e. The van der Waals surface area contributed by atoms with Gasteiger partial charge in [-0.25, -0.2) is 9.97 Å². The monoisotopic (exact) mass is 232 g/mol. The molecule has 1 aromatic rings. The Hall–Kier alpha value is -1.42. The minimum absolute atomic E-state index is 0.839. The Morgan fingerprint density at radius 2 is 2.35 bits per heavy atom. The van der Waals surface area contributed by atoms with Crippen molar-refractivity contribution in [1.29, 1.82) is 0 Å². The molecule has 0 aliphatic carbocycles. The van der Waals surface area contributed by atoms with Crippen molar-refractivity contribution in [3.05, 3.63) is 29.7 Å². The van der Waals surface area contributed by atoms with Crippen LogP contribution in [0.25, 0.3) is 0 Å². The molecule has 0 unspecified atom stereocenters. The third kappa shape index (κ3) is 3.03. The predicted molar refractivity (Wildman–Crippen MR) is 70.0 cm³/mol. The zero-order valence-electron chi connectivity index (χ0n) is 10.6. The molecular weight excluding hydrogens is 212 g/mol. The number of anilines is 1. The summed E-state index contributed by atoms with van der Waals surface area (Å²) in [4.78, 5) is 10.9. The third-order valence-corrected chi connectivity index (χ3v) is 2.96. The van der Waals surface area contributed by atoms with Gasteiger partial charge >= 0.3 is 0 Å². The molecule has 2 heterocycles. The van der Waals surface area contributed by atoms with Crippen LogP contribution in [0.4, 0.5) is 5.82 Å². The second-order valence-electron chi connectivity index (χ2n) is 4.41. The van der Waals surface area contributed by atoms with Crippen LogP contribution in [0.1, 0.15) is 25.8 Å². The van der Waals surface area contributed by atoms with Crippen LogP contribution in [0.2, 0.25) is 0 Å². The fourth-order valence-electron chi connectivity index (χ4n) is 2.11. The van der Waals surface area contributed by atoms with Crippen molar-refractivity contribution >= 4 is 5.82 Å². The molecule has 0 saturated carbocycles. The molecule has 92 valence electrons. The maximum atomic E-state index is 4.44. The average Bonchev–Trinajstić information content (AvgIpc) is 2.37. The number of hydrogen-bond donors (Lipinski definition) is 1. The minimum atomic E-state index is 0.839. The largest absolute Gasteiger partial charge is 0.352 e. The van der Waals surface area contributed by atoms with Gasteiger partial charge in [-0.05, 0) is 19.9 Å². The molecule has 1 N–H and O–H groups in total. The first-order valence-electron chi connectivity index (χ1n) is 6.21. The van der Waals surface area contributed by atoms with Crippen molar-refractivity contribution in [2.24, 2.45) is 0 Å². The molecule has 1 aliphatic rings. The molecule has 0 radical (unpaired) electrons. The molecule has 0 bridgehead atoms. The zero-order valence-corrected chi connectivity index (χ0v) is 10.6. The summed E-state index contributed by atoms with van der Waals surface area (Å²) in [6.45, 7) is 8.12. The molecule has 1 aromatic heterocycles. The lowest BCUT2D eigenvalue weighted by Crippen LogP contribution is -2.31. The summed E-state index contributed by atoms with van der Waals surface area (Å²) in [5.74, 6) is 1.08. The van der Waals surface area contributed by atoms with Gasteiger partial charge in [0.15, 0.2) is 0 Å². The van der Waals surface area contributed by atoms with E-state index in [0.29, 0.717) is 0 Å². The van der Waals surface area contributed by atoms with Gasteiger partial charge in [0, 0.05) is 31.4 Å². The summed E-state index contributed by atoms with van der Waals surface area (Å²) >= 11 is 0. The van der Waals surface area contributed by atoms with Gasteiger partial charge in [0.2, 0.25) is 0 Å². The average molecular weight is 232 g/mol. The molecule has 0 fully saturated rings. The van der Waals surface area contributed by atoms with Crippen LogP contribution in [0, 0.1) is 0 Å². The van der Waals surface area contributed by atoms with Crippen LogP contribution in [-0.4, -0.2) is 29.6 Å². The maximum Gasteiger partial charge on any atom is 0.136 e. The van der Waals surface area contributed by atoms with Crippen molar-refractivity contribution in [2.75, 3.05) is 24.5 Å². The third-order valence-electron chi connectivity index (χ3n) is 2.96. The maximum absolute atomic E-state index is 4.44. The summed E-state index contributed by atoms with van der Waals surface area (Å²) in [6.07, 6.45) is 6.97. The molecule has 0 atom stereocenters. The van der Waals surface area contributed by atoms with E-state index in [1.165, 1.54) is 11.1 Å². The highest BCUT2D eigenvalue weighted by atomic mass is 15.2. The van der Waals surface area contributed by atoms with Crippen molar-refractivity contribution in [2.45, 2.75) is 26.8 Å². The lowest BCUT2D eigenvalue weighted by atomic mass is 10.1. The highest BCUT2D eigenvalue weighted by Crippen LogP contribution is 2.20. The summed E-state index contributed by atoms with van der Waals surface area (Å²) < 4.78 is 0. The predicted octanol–water partition coefficient (Wildman–Crippen LogP) is 1.74. The fourth-order valence-corrected chi connectivity index (χ4v) is 2.11. The Balaban J connectivity index is 2.16. The van der Waals surface area contributed by atoms with Gasteiger partial charge in [-0.15, -0.1) is 0 Å². The van der Waals surface area contributed by atoms with E-state index in [4.69, 9.17) is 0 Å². The summed E-state index contributed by atoms with van der Waals surface area (Å²) in [7, 11) is 0. The summed E-state index contributed by atoms with van der Waals surface area (Å²) in [5.41, 5.74) is 2.60. The van der Waals surface area contributed by atoms with Gasteiger partial charge in [-0.2, -0.15) is 0 Å². The Kier molecular flexibility index (Phi) is 4.09. The van der Waals surface area contributed by atoms with Gasteiger partial charge in [-0.3, -0.25) is 0 Å². The van der Waals surface area contributed by atoms with E-state index in [2.05, 4.69) is 40.1 Å². The van der Waals surface area contributed by atoms with Crippen LogP contribution in [0.15, 0.2) is 24.2 Å². The number of hydrogen-bond acceptors (Lipinski definition) is 4. The SMILES string of the molecule is CCNCc1cncnc1N1CCC=C(C)C1. The van der Waals surface area contributed by atoms with Gasteiger partial charge in [0.25, 0.3) is 0 Å². The molecular formula is C13H20N4. The summed E-state index contributed by atoms with van der Waals surface area (Å²) in [6, 6.07) is 0. The fraction of sp³-hybridized carbons (Fsp3) is 0.538. The van der Waals surface area contributed by atoms with Crippen molar-refractivity contribution in [3.8, 4) is 0 Å². The van der Waals surface area contributed by atoms with E-state index in [9.17, 15) is 0 Å². The standard InChI is InChI=1S/C13H20N4/c1-3-14-7-12-8-15-10-16-13(12)17-6-4-5-11(2)9-17/h5,8,10,14H,3-4,6-7,9H2,1-2H3. The molecule has 17 heavy (non-hydrogen) atoms. The first-order valence-corrected chi connectivity index (χ1v) is 6.21.